The van der Waals surface area contributed by atoms with E-state index in [1.165, 1.54) is 29.9 Å². The fourth-order valence-corrected chi connectivity index (χ4v) is 6.51. The number of thioether (sulfide) groups is 2. The van der Waals surface area contributed by atoms with Crippen LogP contribution in [-0.2, 0) is 4.74 Å². The Bertz CT molecular complexity index is 361. The molecule has 23 heavy (non-hydrogen) atoms. The van der Waals surface area contributed by atoms with E-state index in [0.717, 1.165) is 41.1 Å². The van der Waals surface area contributed by atoms with E-state index >= 15 is 0 Å². The van der Waals surface area contributed by atoms with Crippen LogP contribution < -0.4 is 0 Å². The Kier molecular flexibility index (Phi) is 9.71. The maximum absolute atomic E-state index is 10.1. The van der Waals surface area contributed by atoms with Gasteiger partial charge in [-0.25, -0.2) is 0 Å². The standard InChI is InChI=1S/C18H31IO2S2/c1-13(12-19)10-15(20)4-6-17-14(2)11-16(21-17)5-7-18-22-8-3-9-23-18/h13,15-18,20H,2-12H2,1H3/t13-,15-,16+,17+/m1/s1. The highest BCUT2D eigenvalue weighted by Gasteiger charge is 2.29. The van der Waals surface area contributed by atoms with Crippen molar-refractivity contribution in [3.63, 3.8) is 0 Å². The first-order chi connectivity index (χ1) is 11.1. The smallest absolute Gasteiger partial charge is 0.0788 e. The summed E-state index contributed by atoms with van der Waals surface area (Å²) >= 11 is 6.64. The van der Waals surface area contributed by atoms with Crippen molar-refractivity contribution < 1.29 is 9.84 Å². The second-order valence-electron chi connectivity index (χ2n) is 6.94. The quantitative estimate of drug-likeness (QED) is 0.282. The van der Waals surface area contributed by atoms with Crippen molar-refractivity contribution in [3.05, 3.63) is 12.2 Å². The highest BCUT2D eigenvalue weighted by Crippen LogP contribution is 2.37. The largest absolute Gasteiger partial charge is 0.393 e. The van der Waals surface area contributed by atoms with Crippen LogP contribution in [0.4, 0.5) is 0 Å². The topological polar surface area (TPSA) is 29.5 Å². The van der Waals surface area contributed by atoms with Gasteiger partial charge in [0, 0.05) is 4.43 Å². The number of alkyl halides is 1. The molecule has 2 rings (SSSR count). The summed E-state index contributed by atoms with van der Waals surface area (Å²) in [6.45, 7) is 6.42. The minimum Gasteiger partial charge on any atom is -0.393 e. The molecule has 0 aromatic carbocycles. The predicted octanol–water partition coefficient (Wildman–Crippen LogP) is 5.28. The lowest BCUT2D eigenvalue weighted by atomic mass is 9.98. The molecule has 0 spiro atoms. The maximum Gasteiger partial charge on any atom is 0.0788 e. The molecule has 2 aliphatic rings. The van der Waals surface area contributed by atoms with Gasteiger partial charge < -0.3 is 9.84 Å². The molecule has 2 saturated heterocycles. The van der Waals surface area contributed by atoms with E-state index in [4.69, 9.17) is 4.74 Å². The number of ether oxygens (including phenoxy) is 1. The van der Waals surface area contributed by atoms with Gasteiger partial charge >= 0.3 is 0 Å². The molecule has 0 aromatic rings. The summed E-state index contributed by atoms with van der Waals surface area (Å²) in [4.78, 5) is 0. The Labute approximate surface area is 164 Å². The normalized spacial score (nSPS) is 28.9. The second kappa shape index (κ2) is 10.9. The molecule has 0 saturated carbocycles. The molecular formula is C18H31IO2S2. The minimum atomic E-state index is -0.190. The number of rotatable bonds is 9. The Morgan fingerprint density at radius 3 is 2.74 bits per heavy atom. The van der Waals surface area contributed by atoms with Gasteiger partial charge in [-0.1, -0.05) is 36.1 Å². The Morgan fingerprint density at radius 2 is 2.04 bits per heavy atom. The van der Waals surface area contributed by atoms with Gasteiger partial charge in [0.2, 0.25) is 0 Å². The summed E-state index contributed by atoms with van der Waals surface area (Å²) in [6.07, 6.45) is 7.83. The Morgan fingerprint density at radius 1 is 1.30 bits per heavy atom. The number of hydrogen-bond acceptors (Lipinski definition) is 4. The van der Waals surface area contributed by atoms with Gasteiger partial charge in [0.15, 0.2) is 0 Å². The molecule has 2 heterocycles. The van der Waals surface area contributed by atoms with Crippen LogP contribution in [0.25, 0.3) is 0 Å². The van der Waals surface area contributed by atoms with Crippen LogP contribution in [0.2, 0.25) is 0 Å². The van der Waals surface area contributed by atoms with Gasteiger partial charge in [-0.15, -0.1) is 23.5 Å². The lowest BCUT2D eigenvalue weighted by Gasteiger charge is -2.22. The van der Waals surface area contributed by atoms with Crippen molar-refractivity contribution in [2.24, 2.45) is 5.92 Å². The fraction of sp³-hybridized carbons (Fsp3) is 0.889. The van der Waals surface area contributed by atoms with Crippen LogP contribution in [0, 0.1) is 5.92 Å². The molecule has 0 bridgehead atoms. The van der Waals surface area contributed by atoms with E-state index < -0.39 is 0 Å². The summed E-state index contributed by atoms with van der Waals surface area (Å²) < 4.78 is 8.10. The lowest BCUT2D eigenvalue weighted by molar-refractivity contribution is 0.0317. The van der Waals surface area contributed by atoms with Crippen molar-refractivity contribution in [3.8, 4) is 0 Å². The fourth-order valence-electron chi connectivity index (χ4n) is 3.26. The molecule has 0 amide bonds. The van der Waals surface area contributed by atoms with E-state index in [1.807, 2.05) is 0 Å². The third-order valence-electron chi connectivity index (χ3n) is 4.62. The second-order valence-corrected chi connectivity index (χ2v) is 10.7. The van der Waals surface area contributed by atoms with Crippen molar-refractivity contribution in [2.75, 3.05) is 15.9 Å². The third kappa shape index (κ3) is 7.47. The van der Waals surface area contributed by atoms with Crippen LogP contribution in [-0.4, -0.2) is 43.9 Å². The van der Waals surface area contributed by atoms with Crippen LogP contribution in [0.15, 0.2) is 12.2 Å². The van der Waals surface area contributed by atoms with Gasteiger partial charge in [-0.3, -0.25) is 0 Å². The molecular weight excluding hydrogens is 439 g/mol. The number of hydrogen-bond donors (Lipinski definition) is 1. The first-order valence-corrected chi connectivity index (χ1v) is 12.5. The molecule has 4 atom stereocenters. The summed E-state index contributed by atoms with van der Waals surface area (Å²) in [5.41, 5.74) is 1.24. The van der Waals surface area contributed by atoms with Crippen molar-refractivity contribution in [1.82, 2.24) is 0 Å². The van der Waals surface area contributed by atoms with Crippen LogP contribution >= 0.6 is 46.1 Å². The summed E-state index contributed by atoms with van der Waals surface area (Å²) in [6, 6.07) is 0. The predicted molar refractivity (Wildman–Crippen MR) is 113 cm³/mol. The Hall–Kier alpha value is 1.09. The molecule has 0 aliphatic carbocycles. The zero-order chi connectivity index (χ0) is 16.7. The molecule has 134 valence electrons. The van der Waals surface area contributed by atoms with E-state index in [0.29, 0.717) is 12.0 Å². The molecule has 1 N–H and O–H groups in total. The van der Waals surface area contributed by atoms with Crippen molar-refractivity contribution in [2.45, 2.75) is 74.8 Å². The summed E-state index contributed by atoms with van der Waals surface area (Å²) in [5.74, 6) is 3.24. The average Bonchev–Trinajstić information content (AvgIpc) is 2.92. The monoisotopic (exact) mass is 470 g/mol. The van der Waals surface area contributed by atoms with Crippen LogP contribution in [0.5, 0.6) is 0 Å². The number of aliphatic hydroxyl groups excluding tert-OH is 1. The van der Waals surface area contributed by atoms with E-state index in [2.05, 4.69) is 59.6 Å². The van der Waals surface area contributed by atoms with Gasteiger partial charge in [0.1, 0.15) is 0 Å². The SMILES string of the molecule is C=C1C[C@H](CCC2SCCCS2)O[C@H]1CC[C@@H](O)C[C@@H](C)CI. The van der Waals surface area contributed by atoms with Gasteiger partial charge in [-0.05, 0) is 67.9 Å². The first kappa shape index (κ1) is 20.4. The zero-order valence-electron chi connectivity index (χ0n) is 14.2. The minimum absolute atomic E-state index is 0.177. The Balaban J connectivity index is 1.64. The summed E-state index contributed by atoms with van der Waals surface area (Å²) in [5, 5.41) is 10.1. The van der Waals surface area contributed by atoms with Crippen LogP contribution in [0.1, 0.15) is 51.9 Å². The van der Waals surface area contributed by atoms with E-state index in [1.54, 1.807) is 0 Å². The molecule has 2 aliphatic heterocycles. The number of halogens is 1. The molecule has 2 fully saturated rings. The van der Waals surface area contributed by atoms with Gasteiger partial charge in [-0.2, -0.15) is 0 Å². The van der Waals surface area contributed by atoms with E-state index in [9.17, 15) is 5.11 Å². The highest BCUT2D eigenvalue weighted by atomic mass is 127. The summed E-state index contributed by atoms with van der Waals surface area (Å²) in [7, 11) is 0. The molecule has 0 aromatic heterocycles. The highest BCUT2D eigenvalue weighted by molar-refractivity contribution is 14.1. The molecule has 0 unspecified atom stereocenters. The zero-order valence-corrected chi connectivity index (χ0v) is 18.0. The third-order valence-corrected chi connectivity index (χ3v) is 9.21. The molecule has 2 nitrogen and oxygen atoms in total. The van der Waals surface area contributed by atoms with Crippen LogP contribution in [0.3, 0.4) is 0 Å². The first-order valence-electron chi connectivity index (χ1n) is 8.88. The van der Waals surface area contributed by atoms with E-state index in [-0.39, 0.29) is 12.2 Å². The number of aliphatic hydroxyl groups is 1. The van der Waals surface area contributed by atoms with Crippen molar-refractivity contribution in [1.29, 1.82) is 0 Å². The van der Waals surface area contributed by atoms with Gasteiger partial charge in [0.25, 0.3) is 0 Å². The lowest BCUT2D eigenvalue weighted by Crippen LogP contribution is -2.18. The maximum atomic E-state index is 10.1. The van der Waals surface area contributed by atoms with Crippen molar-refractivity contribution >= 4 is 46.1 Å². The average molecular weight is 470 g/mol. The molecule has 5 heteroatoms. The molecule has 0 radical (unpaired) electrons. The van der Waals surface area contributed by atoms with Gasteiger partial charge in [0.05, 0.1) is 22.9 Å².